The van der Waals surface area contributed by atoms with Crippen LogP contribution < -0.4 is 0 Å². The normalized spacial score (nSPS) is 12.4. The molecule has 1 aromatic rings. The van der Waals surface area contributed by atoms with Gasteiger partial charge in [0.15, 0.2) is 0 Å². The summed E-state index contributed by atoms with van der Waals surface area (Å²) >= 11 is 3.53. The van der Waals surface area contributed by atoms with E-state index in [0.717, 1.165) is 11.9 Å². The first-order valence-corrected chi connectivity index (χ1v) is 6.17. The Bertz CT molecular complexity index is 289. The van der Waals surface area contributed by atoms with Gasteiger partial charge in [0.25, 0.3) is 0 Å². The van der Waals surface area contributed by atoms with E-state index in [4.69, 9.17) is 0 Å². The second-order valence-electron chi connectivity index (χ2n) is 4.86. The molecule has 0 atom stereocenters. The third-order valence-electron chi connectivity index (χ3n) is 2.30. The smallest absolute Gasteiger partial charge is 0.0527 e. The molecule has 0 unspecified atom stereocenters. The van der Waals surface area contributed by atoms with Crippen molar-refractivity contribution in [2.45, 2.75) is 39.7 Å². The first kappa shape index (κ1) is 11.8. The molecule has 14 heavy (non-hydrogen) atoms. The standard InChI is InChI=1S/C11H19BrN2/c1-9(2)6-14-7-10(5-13-14)11(3,4)8-12/h5,7,9H,6,8H2,1-4H3. The van der Waals surface area contributed by atoms with Gasteiger partial charge in [-0.2, -0.15) is 5.10 Å². The average molecular weight is 259 g/mol. The van der Waals surface area contributed by atoms with Crippen LogP contribution in [0.1, 0.15) is 33.3 Å². The fraction of sp³-hybridized carbons (Fsp3) is 0.727. The minimum absolute atomic E-state index is 0.176. The SMILES string of the molecule is CC(C)Cn1cc(C(C)(C)CBr)cn1. The second-order valence-corrected chi connectivity index (χ2v) is 5.42. The third-order valence-corrected chi connectivity index (χ3v) is 3.70. The van der Waals surface area contributed by atoms with Gasteiger partial charge in [-0.25, -0.2) is 0 Å². The molecule has 0 amide bonds. The Balaban J connectivity index is 2.77. The molecule has 0 aromatic carbocycles. The van der Waals surface area contributed by atoms with E-state index in [1.165, 1.54) is 5.56 Å². The van der Waals surface area contributed by atoms with E-state index >= 15 is 0 Å². The predicted molar refractivity (Wildman–Crippen MR) is 63.9 cm³/mol. The van der Waals surface area contributed by atoms with Gasteiger partial charge in [-0.05, 0) is 11.5 Å². The van der Waals surface area contributed by atoms with E-state index < -0.39 is 0 Å². The van der Waals surface area contributed by atoms with E-state index in [2.05, 4.69) is 54.9 Å². The Morgan fingerprint density at radius 3 is 2.64 bits per heavy atom. The molecule has 0 bridgehead atoms. The van der Waals surface area contributed by atoms with Crippen molar-refractivity contribution >= 4 is 15.9 Å². The summed E-state index contributed by atoms with van der Waals surface area (Å²) in [4.78, 5) is 0. The van der Waals surface area contributed by atoms with Crippen LogP contribution in [0.15, 0.2) is 12.4 Å². The maximum absolute atomic E-state index is 4.37. The van der Waals surface area contributed by atoms with E-state index in [-0.39, 0.29) is 5.41 Å². The zero-order valence-corrected chi connectivity index (χ0v) is 11.0. The van der Waals surface area contributed by atoms with Crippen LogP contribution in [-0.2, 0) is 12.0 Å². The van der Waals surface area contributed by atoms with Gasteiger partial charge in [0.2, 0.25) is 0 Å². The maximum atomic E-state index is 4.37. The van der Waals surface area contributed by atoms with Crippen molar-refractivity contribution in [3.05, 3.63) is 18.0 Å². The van der Waals surface area contributed by atoms with E-state index in [9.17, 15) is 0 Å². The van der Waals surface area contributed by atoms with Gasteiger partial charge in [0.05, 0.1) is 6.20 Å². The van der Waals surface area contributed by atoms with Crippen molar-refractivity contribution in [3.8, 4) is 0 Å². The molecule has 0 N–H and O–H groups in total. The predicted octanol–water partition coefficient (Wildman–Crippen LogP) is 3.21. The third kappa shape index (κ3) is 2.84. The minimum atomic E-state index is 0.176. The lowest BCUT2D eigenvalue weighted by Crippen LogP contribution is -2.17. The number of halogens is 1. The Labute approximate surface area is 94.8 Å². The molecule has 0 aliphatic carbocycles. The van der Waals surface area contributed by atoms with E-state index in [1.54, 1.807) is 0 Å². The molecule has 0 radical (unpaired) electrons. The monoisotopic (exact) mass is 258 g/mol. The zero-order chi connectivity index (χ0) is 10.8. The molecular weight excluding hydrogens is 240 g/mol. The molecule has 1 heterocycles. The van der Waals surface area contributed by atoms with Crippen molar-refractivity contribution in [1.82, 2.24) is 9.78 Å². The van der Waals surface area contributed by atoms with Gasteiger partial charge in [0, 0.05) is 23.5 Å². The molecule has 0 saturated carbocycles. The van der Waals surface area contributed by atoms with Crippen LogP contribution in [0.5, 0.6) is 0 Å². The number of alkyl halides is 1. The van der Waals surface area contributed by atoms with Crippen LogP contribution in [0.2, 0.25) is 0 Å². The van der Waals surface area contributed by atoms with E-state index in [0.29, 0.717) is 5.92 Å². The molecule has 0 spiro atoms. The molecule has 0 aliphatic heterocycles. The molecule has 1 aromatic heterocycles. The molecular formula is C11H19BrN2. The summed E-state index contributed by atoms with van der Waals surface area (Å²) in [5, 5.41) is 5.33. The highest BCUT2D eigenvalue weighted by Gasteiger charge is 2.20. The van der Waals surface area contributed by atoms with Crippen LogP contribution in [0, 0.1) is 5.92 Å². The summed E-state index contributed by atoms with van der Waals surface area (Å²) in [6.45, 7) is 9.85. The highest BCUT2D eigenvalue weighted by atomic mass is 79.9. The van der Waals surface area contributed by atoms with Gasteiger partial charge in [-0.3, -0.25) is 4.68 Å². The summed E-state index contributed by atoms with van der Waals surface area (Å²) < 4.78 is 2.03. The fourth-order valence-corrected chi connectivity index (χ4v) is 1.59. The molecule has 3 heteroatoms. The van der Waals surface area contributed by atoms with Gasteiger partial charge in [0.1, 0.15) is 0 Å². The van der Waals surface area contributed by atoms with Crippen LogP contribution in [0.4, 0.5) is 0 Å². The summed E-state index contributed by atoms with van der Waals surface area (Å²) in [7, 11) is 0. The zero-order valence-electron chi connectivity index (χ0n) is 9.42. The molecule has 80 valence electrons. The topological polar surface area (TPSA) is 17.8 Å². The van der Waals surface area contributed by atoms with Crippen LogP contribution in [-0.4, -0.2) is 15.1 Å². The second kappa shape index (κ2) is 4.47. The Hall–Kier alpha value is -0.310. The van der Waals surface area contributed by atoms with Gasteiger partial charge in [-0.1, -0.05) is 43.6 Å². The van der Waals surface area contributed by atoms with Crippen molar-refractivity contribution in [2.24, 2.45) is 5.92 Å². The number of hydrogen-bond donors (Lipinski definition) is 0. The molecule has 0 saturated heterocycles. The fourth-order valence-electron chi connectivity index (χ4n) is 1.26. The Morgan fingerprint density at radius 2 is 2.14 bits per heavy atom. The van der Waals surface area contributed by atoms with Crippen LogP contribution >= 0.6 is 15.9 Å². The van der Waals surface area contributed by atoms with Gasteiger partial charge < -0.3 is 0 Å². The van der Waals surface area contributed by atoms with Crippen molar-refractivity contribution in [3.63, 3.8) is 0 Å². The summed E-state index contributed by atoms with van der Waals surface area (Å²) in [6, 6.07) is 0. The van der Waals surface area contributed by atoms with Crippen molar-refractivity contribution in [2.75, 3.05) is 5.33 Å². The van der Waals surface area contributed by atoms with E-state index in [1.807, 2.05) is 10.9 Å². The number of hydrogen-bond acceptors (Lipinski definition) is 1. The molecule has 1 rings (SSSR count). The molecule has 0 aliphatic rings. The minimum Gasteiger partial charge on any atom is -0.272 e. The summed E-state index contributed by atoms with van der Waals surface area (Å²) in [5.41, 5.74) is 1.48. The average Bonchev–Trinajstić information content (AvgIpc) is 2.52. The number of nitrogens with zero attached hydrogens (tertiary/aromatic N) is 2. The molecule has 0 fully saturated rings. The largest absolute Gasteiger partial charge is 0.272 e. The lowest BCUT2D eigenvalue weighted by atomic mass is 9.90. The highest BCUT2D eigenvalue weighted by molar-refractivity contribution is 9.09. The number of aromatic nitrogens is 2. The lowest BCUT2D eigenvalue weighted by Gasteiger charge is -2.19. The first-order valence-electron chi connectivity index (χ1n) is 5.04. The highest BCUT2D eigenvalue weighted by Crippen LogP contribution is 2.24. The summed E-state index contributed by atoms with van der Waals surface area (Å²) in [5.74, 6) is 0.648. The van der Waals surface area contributed by atoms with Crippen molar-refractivity contribution in [1.29, 1.82) is 0 Å². The Morgan fingerprint density at radius 1 is 1.50 bits per heavy atom. The number of rotatable bonds is 4. The first-order chi connectivity index (χ1) is 6.45. The quantitative estimate of drug-likeness (QED) is 0.759. The van der Waals surface area contributed by atoms with Gasteiger partial charge >= 0.3 is 0 Å². The lowest BCUT2D eigenvalue weighted by molar-refractivity contribution is 0.481. The van der Waals surface area contributed by atoms with Gasteiger partial charge in [-0.15, -0.1) is 0 Å². The van der Waals surface area contributed by atoms with Crippen LogP contribution in [0.3, 0.4) is 0 Å². The Kier molecular flexibility index (Phi) is 3.76. The summed E-state index contributed by atoms with van der Waals surface area (Å²) in [6.07, 6.45) is 4.13. The maximum Gasteiger partial charge on any atom is 0.0527 e. The van der Waals surface area contributed by atoms with Crippen LogP contribution in [0.25, 0.3) is 0 Å². The molecule has 2 nitrogen and oxygen atoms in total. The van der Waals surface area contributed by atoms with Crippen molar-refractivity contribution < 1.29 is 0 Å².